The van der Waals surface area contributed by atoms with Crippen molar-refractivity contribution in [3.8, 4) is 0 Å². The van der Waals surface area contributed by atoms with E-state index in [-0.39, 0.29) is 5.41 Å². The molecule has 0 saturated heterocycles. The highest BCUT2D eigenvalue weighted by atomic mass is 14.9. The maximum Gasteiger partial charge on any atom is 0.0377 e. The van der Waals surface area contributed by atoms with Gasteiger partial charge in [0.1, 0.15) is 0 Å². The van der Waals surface area contributed by atoms with Crippen LogP contribution in [-0.2, 0) is 0 Å². The van der Waals surface area contributed by atoms with Crippen LogP contribution >= 0.6 is 0 Å². The van der Waals surface area contributed by atoms with Gasteiger partial charge in [0.05, 0.1) is 0 Å². The van der Waals surface area contributed by atoms with E-state index in [0.717, 1.165) is 6.54 Å². The Labute approximate surface area is 126 Å². The predicted molar refractivity (Wildman–Crippen MR) is 90.5 cm³/mol. The first-order chi connectivity index (χ1) is 9.26. The van der Waals surface area contributed by atoms with Gasteiger partial charge < -0.3 is 5.32 Å². The molecule has 0 radical (unpaired) electrons. The molecule has 0 heterocycles. The van der Waals surface area contributed by atoms with Gasteiger partial charge in [0.15, 0.2) is 0 Å². The molecule has 1 atom stereocenters. The summed E-state index contributed by atoms with van der Waals surface area (Å²) >= 11 is 0. The summed E-state index contributed by atoms with van der Waals surface area (Å²) in [5.74, 6) is 0. The molecule has 0 aliphatic heterocycles. The van der Waals surface area contributed by atoms with E-state index in [1.54, 1.807) is 0 Å². The molecule has 0 amide bonds. The Morgan fingerprint density at radius 2 is 1.50 bits per heavy atom. The van der Waals surface area contributed by atoms with E-state index >= 15 is 0 Å². The molecule has 0 fully saturated rings. The van der Waals surface area contributed by atoms with Crippen LogP contribution in [0.25, 0.3) is 0 Å². The van der Waals surface area contributed by atoms with Gasteiger partial charge in [-0.05, 0) is 80.3 Å². The molecule has 1 aromatic carbocycles. The lowest BCUT2D eigenvalue weighted by atomic mass is 9.74. The summed E-state index contributed by atoms with van der Waals surface area (Å²) < 4.78 is 0. The fourth-order valence-corrected chi connectivity index (χ4v) is 2.94. The number of aryl methyl sites for hydroxylation is 2. The fourth-order valence-electron chi connectivity index (χ4n) is 2.94. The van der Waals surface area contributed by atoms with E-state index in [4.69, 9.17) is 0 Å². The zero-order valence-corrected chi connectivity index (χ0v) is 14.8. The van der Waals surface area contributed by atoms with Gasteiger partial charge in [-0.25, -0.2) is 0 Å². The molecule has 1 N–H and O–H groups in total. The van der Waals surface area contributed by atoms with Crippen LogP contribution in [0.3, 0.4) is 0 Å². The van der Waals surface area contributed by atoms with E-state index in [0.29, 0.717) is 6.04 Å². The number of nitrogens with one attached hydrogen (secondary N) is 1. The Morgan fingerprint density at radius 3 is 1.90 bits per heavy atom. The Balaban J connectivity index is 3.41. The second kappa shape index (κ2) is 6.76. The Bertz CT molecular complexity index is 431. The second-order valence-electron chi connectivity index (χ2n) is 6.90. The maximum atomic E-state index is 3.81. The average Bonchev–Trinajstić information content (AvgIpc) is 2.40. The van der Waals surface area contributed by atoms with Crippen molar-refractivity contribution in [3.05, 3.63) is 33.9 Å². The van der Waals surface area contributed by atoms with E-state index in [1.807, 2.05) is 0 Å². The first-order valence-corrected chi connectivity index (χ1v) is 8.06. The van der Waals surface area contributed by atoms with Gasteiger partial charge in [0.2, 0.25) is 0 Å². The van der Waals surface area contributed by atoms with Crippen molar-refractivity contribution in [1.29, 1.82) is 0 Å². The summed E-state index contributed by atoms with van der Waals surface area (Å²) in [5.41, 5.74) is 7.55. The van der Waals surface area contributed by atoms with Gasteiger partial charge in [-0.3, -0.25) is 0 Å². The molecule has 1 nitrogen and oxygen atoms in total. The number of hydrogen-bond donors (Lipinski definition) is 1. The van der Waals surface area contributed by atoms with Gasteiger partial charge in [0.25, 0.3) is 0 Å². The van der Waals surface area contributed by atoms with Crippen LogP contribution in [0.2, 0.25) is 0 Å². The van der Waals surface area contributed by atoms with Gasteiger partial charge in [-0.15, -0.1) is 0 Å². The molecule has 0 aliphatic rings. The summed E-state index contributed by atoms with van der Waals surface area (Å²) in [6.07, 6.45) is 2.36. The number of benzene rings is 1. The molecule has 114 valence electrons. The van der Waals surface area contributed by atoms with E-state index < -0.39 is 0 Å². The smallest absolute Gasteiger partial charge is 0.0377 e. The molecular weight excluding hydrogens is 242 g/mol. The Hall–Kier alpha value is -0.820. The topological polar surface area (TPSA) is 12.0 Å². The standard InChI is InChI=1S/C19H33N/c1-9-11-20-18(19(7,8)10-2)17-15(5)13(3)12-14(4)16(17)6/h12,18,20H,9-11H2,1-8H3. The molecule has 1 aromatic rings. The van der Waals surface area contributed by atoms with Crippen LogP contribution < -0.4 is 5.32 Å². The fraction of sp³-hybridized carbons (Fsp3) is 0.684. The van der Waals surface area contributed by atoms with E-state index in [1.165, 1.54) is 40.7 Å². The first kappa shape index (κ1) is 17.2. The predicted octanol–water partition coefficient (Wildman–Crippen LogP) is 5.40. The zero-order valence-electron chi connectivity index (χ0n) is 14.8. The number of rotatable bonds is 6. The summed E-state index contributed by atoms with van der Waals surface area (Å²) in [5, 5.41) is 3.81. The second-order valence-corrected chi connectivity index (χ2v) is 6.90. The van der Waals surface area contributed by atoms with Crippen molar-refractivity contribution >= 4 is 0 Å². The molecule has 0 saturated carbocycles. The molecule has 1 unspecified atom stereocenters. The lowest BCUT2D eigenvalue weighted by Gasteiger charge is -2.37. The molecule has 0 bridgehead atoms. The maximum absolute atomic E-state index is 3.81. The van der Waals surface area contributed by atoms with E-state index in [9.17, 15) is 0 Å². The third-order valence-electron chi connectivity index (χ3n) is 5.00. The minimum atomic E-state index is 0.269. The SMILES string of the molecule is CCCNC(c1c(C)c(C)cc(C)c1C)C(C)(C)CC. The third kappa shape index (κ3) is 3.44. The van der Waals surface area contributed by atoms with Crippen molar-refractivity contribution in [2.45, 2.75) is 74.3 Å². The monoisotopic (exact) mass is 275 g/mol. The quantitative estimate of drug-likeness (QED) is 0.733. The number of hydrogen-bond acceptors (Lipinski definition) is 1. The summed E-state index contributed by atoms with van der Waals surface area (Å²) in [6, 6.07) is 2.76. The molecule has 0 spiro atoms. The summed E-state index contributed by atoms with van der Waals surface area (Å²) in [6.45, 7) is 19.4. The van der Waals surface area contributed by atoms with Crippen molar-refractivity contribution < 1.29 is 0 Å². The van der Waals surface area contributed by atoms with Gasteiger partial charge in [-0.1, -0.05) is 33.8 Å². The Kier molecular flexibility index (Phi) is 5.82. The largest absolute Gasteiger partial charge is 0.309 e. The van der Waals surface area contributed by atoms with E-state index in [2.05, 4.69) is 66.8 Å². The Morgan fingerprint density at radius 1 is 1.00 bits per heavy atom. The van der Waals surface area contributed by atoms with Gasteiger partial charge in [0, 0.05) is 6.04 Å². The first-order valence-electron chi connectivity index (χ1n) is 8.06. The van der Waals surface area contributed by atoms with Crippen LogP contribution in [0.1, 0.15) is 74.4 Å². The lowest BCUT2D eigenvalue weighted by Crippen LogP contribution is -2.35. The van der Waals surface area contributed by atoms with Crippen LogP contribution in [0.4, 0.5) is 0 Å². The normalized spacial score (nSPS) is 13.6. The van der Waals surface area contributed by atoms with Crippen molar-refractivity contribution in [3.63, 3.8) is 0 Å². The molecule has 0 aliphatic carbocycles. The molecule has 1 heteroatoms. The average molecular weight is 275 g/mol. The van der Waals surface area contributed by atoms with Crippen LogP contribution in [0.5, 0.6) is 0 Å². The minimum absolute atomic E-state index is 0.269. The molecule has 20 heavy (non-hydrogen) atoms. The van der Waals surface area contributed by atoms with Crippen LogP contribution in [0, 0.1) is 33.1 Å². The zero-order chi connectivity index (χ0) is 15.5. The van der Waals surface area contributed by atoms with Gasteiger partial charge in [-0.2, -0.15) is 0 Å². The summed E-state index contributed by atoms with van der Waals surface area (Å²) in [7, 11) is 0. The highest BCUT2D eigenvalue weighted by Crippen LogP contribution is 2.40. The lowest BCUT2D eigenvalue weighted by molar-refractivity contribution is 0.233. The third-order valence-corrected chi connectivity index (χ3v) is 5.00. The summed E-state index contributed by atoms with van der Waals surface area (Å²) in [4.78, 5) is 0. The minimum Gasteiger partial charge on any atom is -0.309 e. The van der Waals surface area contributed by atoms with Gasteiger partial charge >= 0.3 is 0 Å². The van der Waals surface area contributed by atoms with Crippen LogP contribution in [-0.4, -0.2) is 6.54 Å². The highest BCUT2D eigenvalue weighted by molar-refractivity contribution is 5.46. The van der Waals surface area contributed by atoms with Crippen molar-refractivity contribution in [2.24, 2.45) is 5.41 Å². The molecule has 1 rings (SSSR count). The van der Waals surface area contributed by atoms with Crippen molar-refractivity contribution in [1.82, 2.24) is 5.32 Å². The molecule has 0 aromatic heterocycles. The van der Waals surface area contributed by atoms with Crippen molar-refractivity contribution in [2.75, 3.05) is 6.54 Å². The molecular formula is C19H33N. The highest BCUT2D eigenvalue weighted by Gasteiger charge is 2.31. The van der Waals surface area contributed by atoms with Crippen LogP contribution in [0.15, 0.2) is 6.07 Å².